The Kier molecular flexibility index (Phi) is 7.36. The molecular weight excluding hydrogens is 466 g/mol. The standard InChI is InChI=1S/C26H21F4NO4/c27-19-7-6-18(25(13-19)34-11-10-33-16-17-4-2-1-3-5-17)12-24(32)22-15-31-23-9-8-20(14-21(22)23)35-26(28,29)30/h1-9,13-15,31H,10-12,16H2. The summed E-state index contributed by atoms with van der Waals surface area (Å²) in [5.74, 6) is -1.14. The first-order valence-electron chi connectivity index (χ1n) is 10.7. The van der Waals surface area contributed by atoms with E-state index in [0.717, 1.165) is 17.7 Å². The van der Waals surface area contributed by atoms with Crippen LogP contribution in [0.5, 0.6) is 11.5 Å². The molecule has 0 spiro atoms. The summed E-state index contributed by atoms with van der Waals surface area (Å²) < 4.78 is 66.8. The Bertz CT molecular complexity index is 1300. The van der Waals surface area contributed by atoms with E-state index >= 15 is 0 Å². The number of ketones is 1. The highest BCUT2D eigenvalue weighted by Gasteiger charge is 2.31. The van der Waals surface area contributed by atoms with Crippen molar-refractivity contribution in [3.8, 4) is 11.5 Å². The van der Waals surface area contributed by atoms with E-state index in [0.29, 0.717) is 17.7 Å². The number of halogens is 4. The monoisotopic (exact) mass is 487 g/mol. The maximum atomic E-state index is 13.8. The molecule has 3 aromatic carbocycles. The molecule has 0 amide bonds. The van der Waals surface area contributed by atoms with Gasteiger partial charge in [-0.2, -0.15) is 0 Å². The van der Waals surface area contributed by atoms with Crippen LogP contribution >= 0.6 is 0 Å². The zero-order valence-corrected chi connectivity index (χ0v) is 18.4. The lowest BCUT2D eigenvalue weighted by Crippen LogP contribution is -2.17. The van der Waals surface area contributed by atoms with E-state index in [1.54, 1.807) is 0 Å². The van der Waals surface area contributed by atoms with Gasteiger partial charge in [0.05, 0.1) is 13.2 Å². The largest absolute Gasteiger partial charge is 0.573 e. The molecule has 9 heteroatoms. The SMILES string of the molecule is O=C(Cc1ccc(F)cc1OCCOCc1ccccc1)c1c[nH]c2ccc(OC(F)(F)F)cc12. The van der Waals surface area contributed by atoms with Crippen LogP contribution in [-0.4, -0.2) is 30.3 Å². The summed E-state index contributed by atoms with van der Waals surface area (Å²) in [5.41, 5.74) is 2.12. The van der Waals surface area contributed by atoms with Crippen LogP contribution in [0.3, 0.4) is 0 Å². The summed E-state index contributed by atoms with van der Waals surface area (Å²) in [6.45, 7) is 0.797. The Labute approximate surface area is 198 Å². The van der Waals surface area contributed by atoms with Crippen molar-refractivity contribution in [2.24, 2.45) is 0 Å². The number of carbonyl (C=O) groups excluding carboxylic acids is 1. The molecule has 1 N–H and O–H groups in total. The number of hydrogen-bond donors (Lipinski definition) is 1. The fraction of sp³-hybridized carbons (Fsp3) is 0.192. The number of carbonyl (C=O) groups is 1. The van der Waals surface area contributed by atoms with Gasteiger partial charge in [-0.15, -0.1) is 13.2 Å². The van der Waals surface area contributed by atoms with Crippen LogP contribution in [0.4, 0.5) is 17.6 Å². The lowest BCUT2D eigenvalue weighted by molar-refractivity contribution is -0.274. The summed E-state index contributed by atoms with van der Waals surface area (Å²) in [7, 11) is 0. The molecule has 0 radical (unpaired) electrons. The number of Topliss-reactive ketones (excluding diaryl/α,β-unsaturated/α-hetero) is 1. The molecule has 0 fully saturated rings. The number of ether oxygens (including phenoxy) is 3. The summed E-state index contributed by atoms with van der Waals surface area (Å²) in [5, 5.41) is 0.288. The predicted molar refractivity (Wildman–Crippen MR) is 121 cm³/mol. The maximum absolute atomic E-state index is 13.8. The first-order valence-corrected chi connectivity index (χ1v) is 10.7. The van der Waals surface area contributed by atoms with Crippen LogP contribution in [0.1, 0.15) is 21.5 Å². The van der Waals surface area contributed by atoms with Crippen molar-refractivity contribution < 1.29 is 36.6 Å². The molecule has 0 saturated heterocycles. The second-order valence-electron chi connectivity index (χ2n) is 7.70. The number of rotatable bonds is 10. The number of benzene rings is 3. The number of nitrogens with one attached hydrogen (secondary N) is 1. The lowest BCUT2D eigenvalue weighted by atomic mass is 10.0. The van der Waals surface area contributed by atoms with Gasteiger partial charge in [-0.1, -0.05) is 36.4 Å². The van der Waals surface area contributed by atoms with Crippen LogP contribution in [0.15, 0.2) is 72.9 Å². The van der Waals surface area contributed by atoms with Crippen LogP contribution in [0.2, 0.25) is 0 Å². The third-order valence-electron chi connectivity index (χ3n) is 5.16. The van der Waals surface area contributed by atoms with Crippen molar-refractivity contribution in [2.45, 2.75) is 19.4 Å². The van der Waals surface area contributed by atoms with E-state index in [1.807, 2.05) is 30.3 Å². The molecule has 1 aromatic heterocycles. The number of hydrogen-bond acceptors (Lipinski definition) is 4. The van der Waals surface area contributed by atoms with Gasteiger partial charge < -0.3 is 19.2 Å². The van der Waals surface area contributed by atoms with Gasteiger partial charge >= 0.3 is 6.36 Å². The Morgan fingerprint density at radius 1 is 0.943 bits per heavy atom. The third kappa shape index (κ3) is 6.60. The van der Waals surface area contributed by atoms with E-state index in [9.17, 15) is 22.4 Å². The highest BCUT2D eigenvalue weighted by molar-refractivity contribution is 6.09. The fourth-order valence-corrected chi connectivity index (χ4v) is 3.58. The van der Waals surface area contributed by atoms with Crippen molar-refractivity contribution >= 4 is 16.7 Å². The minimum atomic E-state index is -4.85. The molecule has 5 nitrogen and oxygen atoms in total. The number of alkyl halides is 3. The molecule has 35 heavy (non-hydrogen) atoms. The summed E-state index contributed by atoms with van der Waals surface area (Å²) in [6.07, 6.45) is -3.57. The average molecular weight is 487 g/mol. The van der Waals surface area contributed by atoms with Crippen molar-refractivity contribution in [3.63, 3.8) is 0 Å². The average Bonchev–Trinajstić information content (AvgIpc) is 3.23. The topological polar surface area (TPSA) is 60.5 Å². The van der Waals surface area contributed by atoms with E-state index < -0.39 is 17.9 Å². The molecule has 0 aliphatic heterocycles. The summed E-state index contributed by atoms with van der Waals surface area (Å²) in [6, 6.07) is 17.1. The third-order valence-corrected chi connectivity index (χ3v) is 5.16. The van der Waals surface area contributed by atoms with Gasteiger partial charge in [0.15, 0.2) is 5.78 Å². The number of aromatic nitrogens is 1. The van der Waals surface area contributed by atoms with Crippen LogP contribution < -0.4 is 9.47 Å². The second kappa shape index (κ2) is 10.6. The smallest absolute Gasteiger partial charge is 0.491 e. The van der Waals surface area contributed by atoms with Gasteiger partial charge in [-0.3, -0.25) is 4.79 Å². The van der Waals surface area contributed by atoms with Gasteiger partial charge in [-0.25, -0.2) is 4.39 Å². The molecular formula is C26H21F4NO4. The van der Waals surface area contributed by atoms with Gasteiger partial charge in [0.25, 0.3) is 0 Å². The molecule has 1 heterocycles. The van der Waals surface area contributed by atoms with Gasteiger partial charge in [0.1, 0.15) is 23.9 Å². The maximum Gasteiger partial charge on any atom is 0.573 e. The Hall–Kier alpha value is -3.85. The van der Waals surface area contributed by atoms with Gasteiger partial charge in [0, 0.05) is 40.7 Å². The predicted octanol–water partition coefficient (Wildman–Crippen LogP) is 6.23. The van der Waals surface area contributed by atoms with Crippen molar-refractivity contribution in [1.82, 2.24) is 4.98 Å². The summed E-state index contributed by atoms with van der Waals surface area (Å²) >= 11 is 0. The van der Waals surface area contributed by atoms with Crippen LogP contribution in [0.25, 0.3) is 10.9 Å². The zero-order chi connectivity index (χ0) is 24.8. The second-order valence-corrected chi connectivity index (χ2v) is 7.70. The first-order chi connectivity index (χ1) is 16.8. The van der Waals surface area contributed by atoms with E-state index in [-0.39, 0.29) is 42.1 Å². The number of fused-ring (bicyclic) bond motifs is 1. The quantitative estimate of drug-likeness (QED) is 0.164. The normalized spacial score (nSPS) is 11.5. The Morgan fingerprint density at radius 2 is 1.74 bits per heavy atom. The lowest BCUT2D eigenvalue weighted by Gasteiger charge is -2.12. The minimum Gasteiger partial charge on any atom is -0.491 e. The number of H-pyrrole nitrogens is 1. The Balaban J connectivity index is 1.43. The molecule has 0 unspecified atom stereocenters. The van der Waals surface area contributed by atoms with Crippen molar-refractivity contribution in [2.75, 3.05) is 13.2 Å². The molecule has 0 aliphatic carbocycles. The minimum absolute atomic E-state index is 0.141. The number of aromatic amines is 1. The van der Waals surface area contributed by atoms with Crippen molar-refractivity contribution in [3.05, 3.63) is 95.4 Å². The molecule has 4 aromatic rings. The summed E-state index contributed by atoms with van der Waals surface area (Å²) in [4.78, 5) is 15.9. The Morgan fingerprint density at radius 3 is 2.51 bits per heavy atom. The van der Waals surface area contributed by atoms with Gasteiger partial charge in [-0.05, 0) is 29.8 Å². The molecule has 0 saturated carbocycles. The molecule has 0 bridgehead atoms. The van der Waals surface area contributed by atoms with E-state index in [2.05, 4.69) is 9.72 Å². The highest BCUT2D eigenvalue weighted by atomic mass is 19.4. The highest BCUT2D eigenvalue weighted by Crippen LogP contribution is 2.29. The van der Waals surface area contributed by atoms with Crippen molar-refractivity contribution in [1.29, 1.82) is 0 Å². The molecule has 4 rings (SSSR count). The molecule has 0 aliphatic rings. The van der Waals surface area contributed by atoms with E-state index in [4.69, 9.17) is 9.47 Å². The fourth-order valence-electron chi connectivity index (χ4n) is 3.58. The molecule has 182 valence electrons. The molecule has 0 atom stereocenters. The van der Waals surface area contributed by atoms with E-state index in [1.165, 1.54) is 30.5 Å². The van der Waals surface area contributed by atoms with Crippen LogP contribution in [-0.2, 0) is 17.8 Å². The first kappa shape index (κ1) is 24.3. The van der Waals surface area contributed by atoms with Crippen LogP contribution in [0, 0.1) is 5.82 Å². The van der Waals surface area contributed by atoms with Gasteiger partial charge in [0.2, 0.25) is 0 Å². The zero-order valence-electron chi connectivity index (χ0n) is 18.4.